The molecule has 0 radical (unpaired) electrons. The van der Waals surface area contributed by atoms with Crippen LogP contribution < -0.4 is 5.32 Å². The lowest BCUT2D eigenvalue weighted by atomic mass is 10.1. The van der Waals surface area contributed by atoms with Crippen LogP contribution in [0.5, 0.6) is 0 Å². The molecule has 94 valence electrons. The molecule has 0 amide bonds. The van der Waals surface area contributed by atoms with Crippen LogP contribution in [-0.4, -0.2) is 35.7 Å². The van der Waals surface area contributed by atoms with Gasteiger partial charge in [0.1, 0.15) is 12.1 Å². The number of esters is 1. The highest BCUT2D eigenvalue weighted by molar-refractivity contribution is 5.78. The fourth-order valence-corrected chi connectivity index (χ4v) is 1.29. The van der Waals surface area contributed by atoms with Gasteiger partial charge in [-0.3, -0.25) is 14.9 Å². The molecule has 5 nitrogen and oxygen atoms in total. The van der Waals surface area contributed by atoms with Gasteiger partial charge < -0.3 is 9.84 Å². The number of unbranched alkanes of at least 4 members (excludes halogenated alkanes) is 1. The van der Waals surface area contributed by atoms with Gasteiger partial charge in [-0.25, -0.2) is 0 Å². The fourth-order valence-electron chi connectivity index (χ4n) is 1.29. The normalized spacial score (nSPS) is 14.2. The van der Waals surface area contributed by atoms with E-state index in [-0.39, 0.29) is 5.97 Å². The molecule has 0 aromatic carbocycles. The van der Waals surface area contributed by atoms with E-state index in [1.807, 2.05) is 6.92 Å². The summed E-state index contributed by atoms with van der Waals surface area (Å²) >= 11 is 0. The molecule has 0 spiro atoms. The van der Waals surface area contributed by atoms with E-state index >= 15 is 0 Å². The second-order valence-electron chi connectivity index (χ2n) is 3.67. The van der Waals surface area contributed by atoms with Crippen molar-refractivity contribution >= 4 is 11.9 Å². The van der Waals surface area contributed by atoms with Crippen molar-refractivity contribution in [1.29, 1.82) is 0 Å². The third kappa shape index (κ3) is 5.70. The zero-order valence-electron chi connectivity index (χ0n) is 10.2. The van der Waals surface area contributed by atoms with Crippen molar-refractivity contribution in [2.24, 2.45) is 0 Å². The highest BCUT2D eigenvalue weighted by Crippen LogP contribution is 2.04. The Morgan fingerprint density at radius 2 is 2.00 bits per heavy atom. The van der Waals surface area contributed by atoms with E-state index in [1.165, 1.54) is 6.92 Å². The highest BCUT2D eigenvalue weighted by atomic mass is 16.5. The Bertz CT molecular complexity index is 230. The summed E-state index contributed by atoms with van der Waals surface area (Å²) in [7, 11) is 0. The summed E-state index contributed by atoms with van der Waals surface area (Å²) < 4.78 is 4.89. The van der Waals surface area contributed by atoms with Crippen molar-refractivity contribution in [3.63, 3.8) is 0 Å². The van der Waals surface area contributed by atoms with E-state index in [1.54, 1.807) is 6.92 Å². The lowest BCUT2D eigenvalue weighted by molar-refractivity contribution is -0.147. The van der Waals surface area contributed by atoms with Gasteiger partial charge in [-0.2, -0.15) is 0 Å². The summed E-state index contributed by atoms with van der Waals surface area (Å²) in [5.41, 5.74) is 0. The molecule has 0 bridgehead atoms. The first-order chi connectivity index (χ1) is 7.52. The first kappa shape index (κ1) is 14.9. The van der Waals surface area contributed by atoms with E-state index < -0.39 is 18.1 Å². The molecule has 0 aliphatic carbocycles. The number of rotatable bonds is 8. The molecule has 0 fully saturated rings. The fraction of sp³-hybridized carbons (Fsp3) is 0.818. The third-order valence-corrected chi connectivity index (χ3v) is 2.24. The molecule has 0 aliphatic rings. The van der Waals surface area contributed by atoms with Crippen LogP contribution in [0.1, 0.15) is 40.0 Å². The number of carboxylic acids is 1. The lowest BCUT2D eigenvalue weighted by Gasteiger charge is -2.19. The summed E-state index contributed by atoms with van der Waals surface area (Å²) in [4.78, 5) is 22.2. The summed E-state index contributed by atoms with van der Waals surface area (Å²) in [6.45, 7) is 5.57. The molecule has 0 aromatic heterocycles. The van der Waals surface area contributed by atoms with Crippen molar-refractivity contribution in [3.05, 3.63) is 0 Å². The second-order valence-corrected chi connectivity index (χ2v) is 3.67. The molecule has 0 saturated heterocycles. The number of nitrogens with one attached hydrogen (secondary N) is 1. The van der Waals surface area contributed by atoms with Crippen LogP contribution in [0.4, 0.5) is 0 Å². The van der Waals surface area contributed by atoms with Crippen LogP contribution in [-0.2, 0) is 14.3 Å². The number of carbonyl (C=O) groups is 2. The predicted octanol–water partition coefficient (Wildman–Crippen LogP) is 1.17. The Kier molecular flexibility index (Phi) is 7.54. The minimum atomic E-state index is -0.967. The molecule has 2 N–H and O–H groups in total. The van der Waals surface area contributed by atoms with Gasteiger partial charge in [0.05, 0.1) is 6.61 Å². The first-order valence-corrected chi connectivity index (χ1v) is 5.68. The Labute approximate surface area is 96.2 Å². The zero-order valence-corrected chi connectivity index (χ0v) is 10.2. The standard InChI is InChI=1S/C11H21NO4/c1-4-6-7-9(11(15)16-5-2)12-8(3)10(13)14/h8-9,12H,4-7H2,1-3H3,(H,13,14)/t8-,9-/m0/s1. The zero-order chi connectivity index (χ0) is 12.6. The van der Waals surface area contributed by atoms with E-state index in [2.05, 4.69) is 5.32 Å². The maximum absolute atomic E-state index is 11.5. The number of aliphatic carboxylic acids is 1. The molecule has 0 aromatic rings. The molecule has 0 heterocycles. The molecular formula is C11H21NO4. The van der Waals surface area contributed by atoms with Gasteiger partial charge in [0.2, 0.25) is 0 Å². The summed E-state index contributed by atoms with van der Waals surface area (Å²) in [6.07, 6.45) is 2.43. The topological polar surface area (TPSA) is 75.6 Å². The average Bonchev–Trinajstić information content (AvgIpc) is 2.23. The van der Waals surface area contributed by atoms with E-state index in [4.69, 9.17) is 9.84 Å². The monoisotopic (exact) mass is 231 g/mol. The van der Waals surface area contributed by atoms with Crippen molar-refractivity contribution < 1.29 is 19.4 Å². The molecule has 0 unspecified atom stereocenters. The van der Waals surface area contributed by atoms with Crippen molar-refractivity contribution in [3.8, 4) is 0 Å². The molecule has 16 heavy (non-hydrogen) atoms. The molecule has 0 aliphatic heterocycles. The highest BCUT2D eigenvalue weighted by Gasteiger charge is 2.23. The van der Waals surface area contributed by atoms with Crippen LogP contribution >= 0.6 is 0 Å². The van der Waals surface area contributed by atoms with Crippen molar-refractivity contribution in [2.75, 3.05) is 6.61 Å². The minimum Gasteiger partial charge on any atom is -0.480 e. The quantitative estimate of drug-likeness (QED) is 0.613. The van der Waals surface area contributed by atoms with E-state index in [9.17, 15) is 9.59 Å². The van der Waals surface area contributed by atoms with Gasteiger partial charge in [0.15, 0.2) is 0 Å². The summed E-state index contributed by atoms with van der Waals surface area (Å²) in [5, 5.41) is 11.5. The number of ether oxygens (including phenoxy) is 1. The van der Waals surface area contributed by atoms with Gasteiger partial charge in [0, 0.05) is 0 Å². The molecular weight excluding hydrogens is 210 g/mol. The third-order valence-electron chi connectivity index (χ3n) is 2.24. The first-order valence-electron chi connectivity index (χ1n) is 5.68. The molecule has 5 heteroatoms. The van der Waals surface area contributed by atoms with E-state index in [0.717, 1.165) is 12.8 Å². The lowest BCUT2D eigenvalue weighted by Crippen LogP contribution is -2.46. The minimum absolute atomic E-state index is 0.310. The number of carboxylic acid groups (broad SMARTS) is 1. The Morgan fingerprint density at radius 3 is 2.44 bits per heavy atom. The maximum atomic E-state index is 11.5. The Morgan fingerprint density at radius 1 is 1.38 bits per heavy atom. The van der Waals surface area contributed by atoms with Crippen LogP contribution in [0.25, 0.3) is 0 Å². The van der Waals surface area contributed by atoms with Crippen LogP contribution in [0.3, 0.4) is 0 Å². The second kappa shape index (κ2) is 8.10. The Balaban J connectivity index is 4.29. The van der Waals surface area contributed by atoms with Gasteiger partial charge in [0.25, 0.3) is 0 Å². The van der Waals surface area contributed by atoms with Crippen LogP contribution in [0, 0.1) is 0 Å². The number of hydrogen-bond acceptors (Lipinski definition) is 4. The molecule has 0 rings (SSSR count). The predicted molar refractivity (Wildman–Crippen MR) is 60.2 cm³/mol. The van der Waals surface area contributed by atoms with Gasteiger partial charge in [-0.1, -0.05) is 19.8 Å². The smallest absolute Gasteiger partial charge is 0.323 e. The van der Waals surface area contributed by atoms with Crippen molar-refractivity contribution in [1.82, 2.24) is 5.32 Å². The van der Waals surface area contributed by atoms with Gasteiger partial charge in [-0.05, 0) is 20.3 Å². The molecule has 0 saturated carbocycles. The Hall–Kier alpha value is -1.10. The average molecular weight is 231 g/mol. The van der Waals surface area contributed by atoms with Crippen LogP contribution in [0.2, 0.25) is 0 Å². The maximum Gasteiger partial charge on any atom is 0.323 e. The summed E-state index contributed by atoms with van der Waals surface area (Å²) in [5.74, 6) is -1.34. The molecule has 2 atom stereocenters. The van der Waals surface area contributed by atoms with Crippen LogP contribution in [0.15, 0.2) is 0 Å². The summed E-state index contributed by atoms with van der Waals surface area (Å²) in [6, 6.07) is -1.27. The van der Waals surface area contributed by atoms with Gasteiger partial charge >= 0.3 is 11.9 Å². The van der Waals surface area contributed by atoms with Crippen molar-refractivity contribution in [2.45, 2.75) is 52.1 Å². The number of carbonyl (C=O) groups excluding carboxylic acids is 1. The number of hydrogen-bond donors (Lipinski definition) is 2. The van der Waals surface area contributed by atoms with Gasteiger partial charge in [-0.15, -0.1) is 0 Å². The van der Waals surface area contributed by atoms with E-state index in [0.29, 0.717) is 13.0 Å². The SMILES string of the molecule is CCCC[C@H](N[C@@H](C)C(=O)O)C(=O)OCC. The largest absolute Gasteiger partial charge is 0.480 e.